The third-order valence-electron chi connectivity index (χ3n) is 3.50. The predicted octanol–water partition coefficient (Wildman–Crippen LogP) is 4.32. The molecule has 0 fully saturated rings. The molecule has 0 amide bonds. The largest absolute Gasteiger partial charge is 0.314 e. The fraction of sp³-hybridized carbons (Fsp3) is 0.438. The van der Waals surface area contributed by atoms with E-state index in [0.717, 1.165) is 23.7 Å². The Morgan fingerprint density at radius 3 is 2.67 bits per heavy atom. The molecule has 2 rings (SSSR count). The van der Waals surface area contributed by atoms with Crippen molar-refractivity contribution in [1.82, 2.24) is 10.3 Å². The first kappa shape index (κ1) is 16.4. The molecule has 1 atom stereocenters. The third-order valence-corrected chi connectivity index (χ3v) is 4.95. The number of hydrogen-bond donors (Lipinski definition) is 1. The first-order valence-corrected chi connectivity index (χ1v) is 8.29. The molecular formula is C16H20ClFN2S. The summed E-state index contributed by atoms with van der Waals surface area (Å²) in [5.41, 5.74) is 1.66. The van der Waals surface area contributed by atoms with Gasteiger partial charge in [0.25, 0.3) is 0 Å². The van der Waals surface area contributed by atoms with Crippen molar-refractivity contribution in [3.05, 3.63) is 50.2 Å². The van der Waals surface area contributed by atoms with Gasteiger partial charge in [0.15, 0.2) is 0 Å². The molecule has 0 spiro atoms. The molecule has 114 valence electrons. The number of nitrogens with zero attached hydrogens (tertiary/aromatic N) is 1. The second-order valence-corrected chi connectivity index (χ2v) is 6.81. The monoisotopic (exact) mass is 326 g/mol. The first-order valence-electron chi connectivity index (χ1n) is 7.10. The number of aryl methyl sites for hydroxylation is 2. The maximum absolute atomic E-state index is 13.9. The van der Waals surface area contributed by atoms with Crippen LogP contribution in [0.3, 0.4) is 0 Å². The number of hydrogen-bond acceptors (Lipinski definition) is 3. The fourth-order valence-corrected chi connectivity index (χ4v) is 3.57. The molecule has 1 aromatic carbocycles. The Kier molecular flexibility index (Phi) is 5.73. The average Bonchev–Trinajstić information content (AvgIpc) is 2.73. The second kappa shape index (κ2) is 7.34. The van der Waals surface area contributed by atoms with Crippen molar-refractivity contribution in [3.8, 4) is 0 Å². The van der Waals surface area contributed by atoms with Crippen LogP contribution in [0.25, 0.3) is 0 Å². The summed E-state index contributed by atoms with van der Waals surface area (Å²) >= 11 is 7.83. The van der Waals surface area contributed by atoms with Gasteiger partial charge in [-0.3, -0.25) is 0 Å². The highest BCUT2D eigenvalue weighted by atomic mass is 35.5. The predicted molar refractivity (Wildman–Crippen MR) is 87.9 cm³/mol. The molecule has 1 heterocycles. The van der Waals surface area contributed by atoms with Gasteiger partial charge in [-0.15, -0.1) is 11.3 Å². The molecule has 2 nitrogen and oxygen atoms in total. The van der Waals surface area contributed by atoms with Gasteiger partial charge in [0.1, 0.15) is 5.82 Å². The lowest BCUT2D eigenvalue weighted by molar-refractivity contribution is 0.505. The van der Waals surface area contributed by atoms with E-state index < -0.39 is 0 Å². The zero-order valence-electron chi connectivity index (χ0n) is 12.5. The Morgan fingerprint density at radius 2 is 2.10 bits per heavy atom. The van der Waals surface area contributed by atoms with Crippen LogP contribution in [0.4, 0.5) is 4.39 Å². The summed E-state index contributed by atoms with van der Waals surface area (Å²) in [6.07, 6.45) is 1.36. The molecular weight excluding hydrogens is 307 g/mol. The highest BCUT2D eigenvalue weighted by Crippen LogP contribution is 2.23. The van der Waals surface area contributed by atoms with Crippen molar-refractivity contribution in [2.45, 2.75) is 39.7 Å². The van der Waals surface area contributed by atoms with Gasteiger partial charge in [0.05, 0.1) is 10.7 Å². The quantitative estimate of drug-likeness (QED) is 0.855. The van der Waals surface area contributed by atoms with Gasteiger partial charge < -0.3 is 5.32 Å². The highest BCUT2D eigenvalue weighted by molar-refractivity contribution is 7.11. The van der Waals surface area contributed by atoms with Crippen LogP contribution in [-0.2, 0) is 12.8 Å². The van der Waals surface area contributed by atoms with Gasteiger partial charge in [0, 0.05) is 27.9 Å². The number of benzene rings is 1. The molecule has 0 saturated heterocycles. The topological polar surface area (TPSA) is 24.9 Å². The minimum absolute atomic E-state index is 0.134. The Labute approximate surface area is 134 Å². The Morgan fingerprint density at radius 1 is 1.33 bits per heavy atom. The van der Waals surface area contributed by atoms with E-state index in [1.807, 2.05) is 13.8 Å². The smallest absolute Gasteiger partial charge is 0.127 e. The number of likely N-dealkylation sites (N-methyl/N-ethyl adjacent to an activating group) is 1. The normalized spacial score (nSPS) is 12.6. The van der Waals surface area contributed by atoms with E-state index in [2.05, 4.69) is 17.2 Å². The van der Waals surface area contributed by atoms with E-state index >= 15 is 0 Å². The lowest BCUT2D eigenvalue weighted by atomic mass is 10.0. The second-order valence-electron chi connectivity index (χ2n) is 5.11. The van der Waals surface area contributed by atoms with E-state index in [4.69, 9.17) is 11.6 Å². The minimum Gasteiger partial charge on any atom is -0.314 e. The van der Waals surface area contributed by atoms with Crippen LogP contribution >= 0.6 is 22.9 Å². The number of halogens is 2. The molecule has 0 aliphatic heterocycles. The Bertz CT molecular complexity index is 573. The van der Waals surface area contributed by atoms with Gasteiger partial charge in [-0.25, -0.2) is 9.37 Å². The van der Waals surface area contributed by atoms with Crippen molar-refractivity contribution in [2.75, 3.05) is 6.54 Å². The number of aromatic nitrogens is 1. The van der Waals surface area contributed by atoms with E-state index in [9.17, 15) is 4.39 Å². The molecule has 5 heteroatoms. The molecule has 1 aromatic heterocycles. The van der Waals surface area contributed by atoms with Crippen molar-refractivity contribution in [3.63, 3.8) is 0 Å². The molecule has 0 aliphatic rings. The SMILES string of the molecule is CCNC(Cc1nc(C)c(C)s1)Cc1c(F)cccc1Cl. The summed E-state index contributed by atoms with van der Waals surface area (Å²) < 4.78 is 13.9. The highest BCUT2D eigenvalue weighted by Gasteiger charge is 2.17. The zero-order chi connectivity index (χ0) is 15.4. The molecule has 0 aliphatic carbocycles. The van der Waals surface area contributed by atoms with Crippen LogP contribution in [0.1, 0.15) is 28.1 Å². The van der Waals surface area contributed by atoms with Crippen molar-refractivity contribution in [2.24, 2.45) is 0 Å². The number of nitrogens with one attached hydrogen (secondary N) is 1. The molecule has 0 saturated carbocycles. The Hall–Kier alpha value is -0.970. The minimum atomic E-state index is -0.239. The van der Waals surface area contributed by atoms with Crippen LogP contribution in [-0.4, -0.2) is 17.6 Å². The van der Waals surface area contributed by atoms with Gasteiger partial charge in [-0.2, -0.15) is 0 Å². The lowest BCUT2D eigenvalue weighted by Gasteiger charge is -2.18. The molecule has 0 bridgehead atoms. The standard InChI is InChI=1S/C16H20ClFN2S/c1-4-19-12(9-16-20-10(2)11(3)21-16)8-13-14(17)6-5-7-15(13)18/h5-7,12,19H,4,8-9H2,1-3H3. The maximum atomic E-state index is 13.9. The summed E-state index contributed by atoms with van der Waals surface area (Å²) in [6, 6.07) is 4.97. The summed E-state index contributed by atoms with van der Waals surface area (Å²) in [5, 5.41) is 4.98. The molecule has 2 aromatic rings. The molecule has 21 heavy (non-hydrogen) atoms. The number of thiazole rings is 1. The summed E-state index contributed by atoms with van der Waals surface area (Å²) in [5.74, 6) is -0.239. The van der Waals surface area contributed by atoms with E-state index in [1.54, 1.807) is 23.5 Å². The van der Waals surface area contributed by atoms with Crippen molar-refractivity contribution < 1.29 is 4.39 Å². The van der Waals surface area contributed by atoms with E-state index in [1.165, 1.54) is 10.9 Å². The van der Waals surface area contributed by atoms with Crippen LogP contribution in [0, 0.1) is 19.7 Å². The zero-order valence-corrected chi connectivity index (χ0v) is 14.1. The average molecular weight is 327 g/mol. The summed E-state index contributed by atoms with van der Waals surface area (Å²) in [7, 11) is 0. The third kappa shape index (κ3) is 4.25. The summed E-state index contributed by atoms with van der Waals surface area (Å²) in [6.45, 7) is 6.98. The Balaban J connectivity index is 2.15. The van der Waals surface area contributed by atoms with E-state index in [-0.39, 0.29) is 11.9 Å². The van der Waals surface area contributed by atoms with Gasteiger partial charge in [-0.05, 0) is 38.9 Å². The van der Waals surface area contributed by atoms with E-state index in [0.29, 0.717) is 17.0 Å². The van der Waals surface area contributed by atoms with Crippen LogP contribution in [0.2, 0.25) is 5.02 Å². The van der Waals surface area contributed by atoms with Gasteiger partial charge >= 0.3 is 0 Å². The maximum Gasteiger partial charge on any atom is 0.127 e. The first-order chi connectivity index (χ1) is 10.0. The van der Waals surface area contributed by atoms with Crippen molar-refractivity contribution >= 4 is 22.9 Å². The fourth-order valence-electron chi connectivity index (χ4n) is 2.32. The molecule has 1 unspecified atom stereocenters. The van der Waals surface area contributed by atoms with Gasteiger partial charge in [0.2, 0.25) is 0 Å². The van der Waals surface area contributed by atoms with Crippen LogP contribution in [0.5, 0.6) is 0 Å². The van der Waals surface area contributed by atoms with Crippen molar-refractivity contribution in [1.29, 1.82) is 0 Å². The van der Waals surface area contributed by atoms with Crippen LogP contribution < -0.4 is 5.32 Å². The lowest BCUT2D eigenvalue weighted by Crippen LogP contribution is -2.33. The number of rotatable bonds is 6. The molecule has 1 N–H and O–H groups in total. The van der Waals surface area contributed by atoms with Crippen LogP contribution in [0.15, 0.2) is 18.2 Å². The van der Waals surface area contributed by atoms with Gasteiger partial charge in [-0.1, -0.05) is 24.6 Å². The summed E-state index contributed by atoms with van der Waals surface area (Å²) in [4.78, 5) is 5.81. The molecule has 0 radical (unpaired) electrons.